The Hall–Kier alpha value is -4.55. The largest absolute Gasteiger partial charge is 0.462 e. The quantitative estimate of drug-likeness (QED) is 0.0124. The van der Waals surface area contributed by atoms with Crippen LogP contribution in [-0.4, -0.2) is 51.8 Å². The number of hydrogen-bond acceptors (Lipinski definition) is 7. The smallest absolute Gasteiger partial charge is 0.306 e. The van der Waals surface area contributed by atoms with E-state index in [1.165, 1.54) is 83.5 Å². The number of epoxide rings is 1. The number of rotatable bonds is 39. The van der Waals surface area contributed by atoms with Crippen molar-refractivity contribution < 1.29 is 33.7 Å². The summed E-state index contributed by atoms with van der Waals surface area (Å²) < 4.78 is 18.5. The van der Waals surface area contributed by atoms with Gasteiger partial charge in [0.25, 0.3) is 0 Å². The van der Waals surface area contributed by atoms with Gasteiger partial charge in [-0.05, 0) is 122 Å². The number of unbranched alkanes of at least 4 members (excludes halogenated alkanes) is 17. The van der Waals surface area contributed by atoms with E-state index < -0.39 is 16.8 Å². The molecule has 0 amide bonds. The molecule has 3 fully saturated rings. The fraction of sp³-hybridized carbons (Fsp3) is 0.649. The van der Waals surface area contributed by atoms with E-state index in [1.54, 1.807) is 0 Å². The van der Waals surface area contributed by atoms with Gasteiger partial charge in [-0.2, -0.15) is 0 Å². The van der Waals surface area contributed by atoms with Gasteiger partial charge in [0.2, 0.25) is 0 Å². The first-order valence-electron chi connectivity index (χ1n) is 32.1. The van der Waals surface area contributed by atoms with E-state index in [-0.39, 0.29) is 40.8 Å². The standard InChI is InChI=1S/C74H114O7/c1-13-15-17-19-21-23-25-27-28-30-32-34-36-38-40-52-69(77)80-65-56-71(9,10)74(73(12,58-65)81-74)59-66(75)63(6)50-44-49-61(4)46-42-41-45-60(3)47-43-48-62(5)53-54-67-70(7,8)55-64(57-72(67,11)78)79-68(76)51-39-37-35-33-31-29-26-24-22-20-18-16-14-2/h15,17,21,23,27-28,41-50,53,64-65,78H,13-14,16,18-20,22,24-26,29-40,51-52,55-59H2,1-12H3/b17-15-,23-21-,28-27-,42-41+,47-43+,49-44+,60-45+,61-46+,62-48+,63-50+/t54?,64-,65-,72+,73+,74-/m0/s1. The van der Waals surface area contributed by atoms with Gasteiger partial charge >= 0.3 is 11.9 Å². The molecule has 7 heteroatoms. The van der Waals surface area contributed by atoms with Crippen LogP contribution in [0.15, 0.2) is 137 Å². The molecule has 7 nitrogen and oxygen atoms in total. The van der Waals surface area contributed by atoms with Crippen LogP contribution in [-0.2, 0) is 28.6 Å². The molecule has 1 saturated heterocycles. The number of ketones is 1. The van der Waals surface area contributed by atoms with Crippen molar-refractivity contribution >= 4 is 17.7 Å². The van der Waals surface area contributed by atoms with Gasteiger partial charge in [0, 0.05) is 43.1 Å². The number of ether oxygens (including phenoxy) is 3. The van der Waals surface area contributed by atoms with Crippen molar-refractivity contribution in [2.45, 2.75) is 298 Å². The molecular weight excluding hydrogens is 1000 g/mol. The van der Waals surface area contributed by atoms with E-state index in [1.807, 2.05) is 82.4 Å². The predicted octanol–water partition coefficient (Wildman–Crippen LogP) is 20.3. The van der Waals surface area contributed by atoms with E-state index >= 15 is 0 Å². The van der Waals surface area contributed by atoms with Crippen molar-refractivity contribution in [2.24, 2.45) is 10.8 Å². The molecule has 0 spiro atoms. The van der Waals surface area contributed by atoms with Gasteiger partial charge in [-0.1, -0.05) is 246 Å². The van der Waals surface area contributed by atoms with Crippen LogP contribution in [0.1, 0.15) is 269 Å². The highest BCUT2D eigenvalue weighted by Gasteiger charge is 2.76. The highest BCUT2D eigenvalue weighted by molar-refractivity contribution is 5.96. The minimum atomic E-state index is -1.13. The minimum absolute atomic E-state index is 0.0737. The zero-order valence-corrected chi connectivity index (χ0v) is 53.4. The molecule has 0 aromatic heterocycles. The molecule has 0 radical (unpaired) electrons. The number of Topliss-reactive ketones (excluding diaryl/α,β-unsaturated/α-hetero) is 1. The lowest BCUT2D eigenvalue weighted by Crippen LogP contribution is -2.49. The maximum Gasteiger partial charge on any atom is 0.306 e. The summed E-state index contributed by atoms with van der Waals surface area (Å²) in [7, 11) is 0. The molecule has 0 unspecified atom stereocenters. The van der Waals surface area contributed by atoms with Crippen molar-refractivity contribution in [3.63, 3.8) is 0 Å². The lowest BCUT2D eigenvalue weighted by Gasteiger charge is -2.44. The Bertz CT molecular complexity index is 2290. The number of fused-ring (bicyclic) bond motifs is 1. The Morgan fingerprint density at radius 3 is 1.54 bits per heavy atom. The summed E-state index contributed by atoms with van der Waals surface area (Å²) in [5.41, 5.74) is 5.20. The zero-order valence-electron chi connectivity index (χ0n) is 53.4. The molecule has 81 heavy (non-hydrogen) atoms. The first-order valence-corrected chi connectivity index (χ1v) is 32.1. The Labute approximate surface area is 495 Å². The molecule has 1 aliphatic heterocycles. The maximum atomic E-state index is 13.6. The van der Waals surface area contributed by atoms with Crippen molar-refractivity contribution in [3.05, 3.63) is 137 Å². The first kappa shape index (κ1) is 70.7. The highest BCUT2D eigenvalue weighted by atomic mass is 16.6. The molecule has 5 atom stereocenters. The molecule has 0 aromatic rings. The molecule has 1 heterocycles. The summed E-state index contributed by atoms with van der Waals surface area (Å²) in [6, 6.07) is 0. The van der Waals surface area contributed by atoms with Crippen LogP contribution in [0, 0.1) is 10.8 Å². The molecule has 3 rings (SSSR count). The summed E-state index contributed by atoms with van der Waals surface area (Å²) >= 11 is 0. The Morgan fingerprint density at radius 2 is 1.02 bits per heavy atom. The summed E-state index contributed by atoms with van der Waals surface area (Å²) in [5, 5.41) is 11.6. The second-order valence-electron chi connectivity index (χ2n) is 25.8. The second kappa shape index (κ2) is 37.6. The molecule has 1 N–H and O–H groups in total. The van der Waals surface area contributed by atoms with E-state index in [4.69, 9.17) is 14.2 Å². The average molecular weight is 1120 g/mol. The third kappa shape index (κ3) is 27.1. The van der Waals surface area contributed by atoms with Crippen LogP contribution in [0.4, 0.5) is 0 Å². The highest BCUT2D eigenvalue weighted by Crippen LogP contribution is 2.67. The number of hydrogen-bond donors (Lipinski definition) is 1. The van der Waals surface area contributed by atoms with E-state index in [9.17, 15) is 19.5 Å². The number of esters is 2. The minimum Gasteiger partial charge on any atom is -0.462 e. The molecule has 0 aromatic carbocycles. The molecule has 0 bridgehead atoms. The fourth-order valence-corrected chi connectivity index (χ4v) is 12.2. The van der Waals surface area contributed by atoms with Crippen molar-refractivity contribution in [1.29, 1.82) is 0 Å². The van der Waals surface area contributed by atoms with Gasteiger partial charge in [0.05, 0.1) is 11.2 Å². The van der Waals surface area contributed by atoms with Gasteiger partial charge < -0.3 is 19.3 Å². The maximum absolute atomic E-state index is 13.6. The van der Waals surface area contributed by atoms with Crippen LogP contribution in [0.25, 0.3) is 0 Å². The normalized spacial score (nSPS) is 24.3. The Morgan fingerprint density at radius 1 is 0.556 bits per heavy atom. The number of carbonyl (C=O) groups excluding carboxylic acids is 3. The number of carbonyl (C=O) groups is 3. The average Bonchev–Trinajstić information content (AvgIpc) is 2.31. The summed E-state index contributed by atoms with van der Waals surface area (Å²) in [6.45, 7) is 24.8. The summed E-state index contributed by atoms with van der Waals surface area (Å²) in [4.78, 5) is 39.4. The van der Waals surface area contributed by atoms with Gasteiger partial charge in [-0.3, -0.25) is 14.4 Å². The first-order chi connectivity index (χ1) is 38.6. The molecule has 2 aliphatic carbocycles. The summed E-state index contributed by atoms with van der Waals surface area (Å²) in [6.07, 6.45) is 64.5. The van der Waals surface area contributed by atoms with Crippen molar-refractivity contribution in [3.8, 4) is 0 Å². The van der Waals surface area contributed by atoms with E-state index in [0.717, 1.165) is 80.1 Å². The van der Waals surface area contributed by atoms with Crippen LogP contribution in [0.2, 0.25) is 0 Å². The summed E-state index contributed by atoms with van der Waals surface area (Å²) in [5.74, 6) is -0.201. The second-order valence-corrected chi connectivity index (χ2v) is 25.8. The monoisotopic (exact) mass is 1110 g/mol. The Balaban J connectivity index is 1.37. The van der Waals surface area contributed by atoms with Crippen LogP contribution < -0.4 is 0 Å². The van der Waals surface area contributed by atoms with Gasteiger partial charge in [0.15, 0.2) is 5.78 Å². The molecule has 3 aliphatic rings. The van der Waals surface area contributed by atoms with Crippen molar-refractivity contribution in [1.82, 2.24) is 0 Å². The fourth-order valence-electron chi connectivity index (χ4n) is 12.2. The van der Waals surface area contributed by atoms with Gasteiger partial charge in [-0.25, -0.2) is 0 Å². The lowest BCUT2D eigenvalue weighted by molar-refractivity contribution is -0.156. The van der Waals surface area contributed by atoms with Crippen LogP contribution in [0.3, 0.4) is 0 Å². The van der Waals surface area contributed by atoms with E-state index in [2.05, 4.69) is 110 Å². The van der Waals surface area contributed by atoms with E-state index in [0.29, 0.717) is 50.5 Å². The van der Waals surface area contributed by atoms with Crippen molar-refractivity contribution in [2.75, 3.05) is 0 Å². The number of allylic oxidation sites excluding steroid dienone is 20. The Kier molecular flexibility index (Phi) is 32.8. The molecule has 452 valence electrons. The molecule has 2 saturated carbocycles. The SMILES string of the molecule is CC/C=C\C/C=C\C/C=C\CCCCCCCC(=O)O[C@H]1CC(C)(C)[C@]2(CC(=O)/C(C)=C/C=C/C(C)=C/C=C/C=C(C)/C=C/C=C(\C)C=C=C3C(C)(C)C[C@H](OC(=O)CCCCCCCCCCCCCCC)C[C@@]3(C)O)O[C@]2(C)C1. The predicted molar refractivity (Wildman–Crippen MR) is 342 cm³/mol. The van der Waals surface area contributed by atoms with Gasteiger partial charge in [0.1, 0.15) is 17.8 Å². The topological polar surface area (TPSA) is 102 Å². The third-order valence-corrected chi connectivity index (χ3v) is 16.9. The third-order valence-electron chi connectivity index (χ3n) is 16.9. The van der Waals surface area contributed by atoms with Gasteiger partial charge in [-0.15, -0.1) is 5.73 Å². The van der Waals surface area contributed by atoms with Crippen LogP contribution >= 0.6 is 0 Å². The molecular formula is C74H114O7. The lowest BCUT2D eigenvalue weighted by atomic mass is 9.61. The van der Waals surface area contributed by atoms with Crippen LogP contribution in [0.5, 0.6) is 0 Å². The zero-order chi connectivity index (χ0) is 59.6. The number of aliphatic hydroxyl groups is 1.